The van der Waals surface area contributed by atoms with Crippen molar-refractivity contribution in [3.63, 3.8) is 0 Å². The summed E-state index contributed by atoms with van der Waals surface area (Å²) in [4.78, 5) is 35.0. The van der Waals surface area contributed by atoms with Gasteiger partial charge in [-0.2, -0.15) is 5.10 Å². The lowest BCUT2D eigenvalue weighted by atomic mass is 9.39. The highest BCUT2D eigenvalue weighted by atomic mass is 32.1. The number of ether oxygens (including phenoxy) is 1. The normalized spacial score (nSPS) is 26.5. The SMILES string of the molecule is Cc1cc(C(=O)c2ccc(-c3cnn(CC45CC6(OCCO)C[C@](C)(C4)C[C@](C)(C5)C6)c3C)c(C(=O)O)n2)nnc1Nc1nc2ccccc2s1. The minimum Gasteiger partial charge on any atom is -0.476 e. The molecule has 0 radical (unpaired) electrons. The number of ketones is 1. The van der Waals surface area contributed by atoms with Gasteiger partial charge < -0.3 is 20.3 Å². The van der Waals surface area contributed by atoms with Gasteiger partial charge in [0.2, 0.25) is 5.78 Å². The number of carbonyl (C=O) groups excluding carboxylic acids is 1. The molecule has 4 fully saturated rings. The Morgan fingerprint density at radius 1 is 0.941 bits per heavy atom. The Balaban J connectivity index is 1.04. The summed E-state index contributed by atoms with van der Waals surface area (Å²) in [7, 11) is 0. The fourth-order valence-corrected chi connectivity index (χ4v) is 11.3. The Hall–Kier alpha value is -4.59. The van der Waals surface area contributed by atoms with Crippen LogP contribution in [0.4, 0.5) is 10.9 Å². The third-order valence-electron chi connectivity index (χ3n) is 11.1. The van der Waals surface area contributed by atoms with Crippen LogP contribution in [-0.4, -0.2) is 70.7 Å². The zero-order chi connectivity index (χ0) is 35.8. The van der Waals surface area contributed by atoms with Gasteiger partial charge in [0.05, 0.1) is 35.2 Å². The van der Waals surface area contributed by atoms with Crippen LogP contribution in [0.2, 0.25) is 0 Å². The summed E-state index contributed by atoms with van der Waals surface area (Å²) in [6, 6.07) is 12.6. The van der Waals surface area contributed by atoms with Gasteiger partial charge in [0.15, 0.2) is 16.6 Å². The summed E-state index contributed by atoms with van der Waals surface area (Å²) in [5.74, 6) is -1.30. The Kier molecular flexibility index (Phi) is 7.89. The summed E-state index contributed by atoms with van der Waals surface area (Å²) < 4.78 is 9.48. The Morgan fingerprint density at radius 2 is 1.71 bits per heavy atom. The average Bonchev–Trinajstić information content (AvgIpc) is 3.64. The molecule has 5 aromatic rings. The number of fused-ring (bicyclic) bond motifs is 1. The molecule has 13 heteroatoms. The second-order valence-corrected chi connectivity index (χ2v) is 16.9. The number of hydrogen-bond acceptors (Lipinski definition) is 11. The van der Waals surface area contributed by atoms with E-state index in [0.717, 1.165) is 48.0 Å². The molecular weight excluding hydrogens is 667 g/mol. The maximum atomic E-state index is 13.5. The standard InChI is InChI=1S/C38H41N7O5S/c1-22-13-28(43-44-32(22)42-34-41-26-7-5-6-8-29(26)51-34)31(47)27-10-9-24(30(40-27)33(48)49)25-14-39-45(23(25)2)21-37-16-35(3)15-36(4,17-37)19-38(18-35,20-37)50-12-11-46/h5-10,13-14,46H,11-12,15-21H2,1-4H3,(H,48,49)(H,41,42,44)/t35-,36+,37?,38?. The summed E-state index contributed by atoms with van der Waals surface area (Å²) in [6.45, 7) is 9.58. The largest absolute Gasteiger partial charge is 0.476 e. The summed E-state index contributed by atoms with van der Waals surface area (Å²) >= 11 is 1.49. The quantitative estimate of drug-likeness (QED) is 0.124. The van der Waals surface area contributed by atoms with Gasteiger partial charge in [0, 0.05) is 23.4 Å². The predicted octanol–water partition coefficient (Wildman–Crippen LogP) is 6.76. The highest BCUT2D eigenvalue weighted by Gasteiger charge is 2.66. The molecule has 51 heavy (non-hydrogen) atoms. The summed E-state index contributed by atoms with van der Waals surface area (Å²) in [5, 5.41) is 36.9. The molecule has 2 unspecified atom stereocenters. The number of aliphatic hydroxyl groups is 1. The first-order chi connectivity index (χ1) is 24.3. The van der Waals surface area contributed by atoms with Crippen molar-refractivity contribution in [2.24, 2.45) is 16.2 Å². The maximum absolute atomic E-state index is 13.5. The van der Waals surface area contributed by atoms with Crippen LogP contribution in [-0.2, 0) is 11.3 Å². The Morgan fingerprint density at radius 3 is 2.41 bits per heavy atom. The minimum atomic E-state index is -1.24. The van der Waals surface area contributed by atoms with Gasteiger partial charge in [-0.25, -0.2) is 14.8 Å². The van der Waals surface area contributed by atoms with E-state index in [9.17, 15) is 19.8 Å². The number of pyridine rings is 1. The van der Waals surface area contributed by atoms with Gasteiger partial charge in [0.1, 0.15) is 11.4 Å². The highest BCUT2D eigenvalue weighted by molar-refractivity contribution is 7.22. The molecule has 3 N–H and O–H groups in total. The van der Waals surface area contributed by atoms with Gasteiger partial charge >= 0.3 is 5.97 Å². The number of aromatic carboxylic acids is 1. The van der Waals surface area contributed by atoms with E-state index in [2.05, 4.69) is 39.3 Å². The number of nitrogens with zero attached hydrogens (tertiary/aromatic N) is 6. The minimum absolute atomic E-state index is 0.0107. The molecule has 4 bridgehead atoms. The van der Waals surface area contributed by atoms with E-state index in [4.69, 9.17) is 9.84 Å². The van der Waals surface area contributed by atoms with Crippen LogP contribution >= 0.6 is 11.3 Å². The Bertz CT molecular complexity index is 2160. The summed E-state index contributed by atoms with van der Waals surface area (Å²) in [5.41, 5.74) is 3.28. The van der Waals surface area contributed by atoms with Crippen molar-refractivity contribution in [1.29, 1.82) is 0 Å². The van der Waals surface area contributed by atoms with Gasteiger partial charge in [-0.1, -0.05) is 37.3 Å². The van der Waals surface area contributed by atoms with Crippen molar-refractivity contribution in [1.82, 2.24) is 29.9 Å². The fraction of sp³-hybridized carbons (Fsp3) is 0.447. The predicted molar refractivity (Wildman–Crippen MR) is 192 cm³/mol. The molecule has 4 atom stereocenters. The van der Waals surface area contributed by atoms with Gasteiger partial charge in [-0.3, -0.25) is 9.48 Å². The molecule has 4 heterocycles. The molecule has 12 nitrogen and oxygen atoms in total. The molecular formula is C38H41N7O5S. The first-order valence-corrected chi connectivity index (χ1v) is 18.2. The number of aryl methyl sites for hydroxylation is 1. The number of aliphatic hydroxyl groups excluding tert-OH is 1. The number of anilines is 2. The van der Waals surface area contributed by atoms with Crippen LogP contribution in [0.1, 0.15) is 90.3 Å². The number of carbonyl (C=O) groups is 2. The van der Waals surface area contributed by atoms with E-state index in [-0.39, 0.29) is 45.5 Å². The molecule has 4 aliphatic carbocycles. The van der Waals surface area contributed by atoms with Crippen LogP contribution < -0.4 is 5.32 Å². The first-order valence-electron chi connectivity index (χ1n) is 17.3. The second kappa shape index (κ2) is 12.0. The van der Waals surface area contributed by atoms with E-state index in [1.54, 1.807) is 18.3 Å². The molecule has 4 aromatic heterocycles. The first kappa shape index (κ1) is 33.5. The number of para-hydroxylation sites is 1. The van der Waals surface area contributed by atoms with E-state index in [1.165, 1.54) is 23.8 Å². The van der Waals surface area contributed by atoms with Crippen molar-refractivity contribution < 1.29 is 24.5 Å². The highest BCUT2D eigenvalue weighted by Crippen LogP contribution is 2.72. The Labute approximate surface area is 299 Å². The second-order valence-electron chi connectivity index (χ2n) is 15.8. The monoisotopic (exact) mass is 707 g/mol. The fourth-order valence-electron chi connectivity index (χ4n) is 10.4. The van der Waals surface area contributed by atoms with E-state index in [0.29, 0.717) is 40.8 Å². The number of carboxylic acid groups (broad SMARTS) is 1. The van der Waals surface area contributed by atoms with Crippen molar-refractivity contribution in [2.45, 2.75) is 78.4 Å². The topological polar surface area (TPSA) is 165 Å². The van der Waals surface area contributed by atoms with Gasteiger partial charge in [0.25, 0.3) is 0 Å². The molecule has 0 spiro atoms. The van der Waals surface area contributed by atoms with E-state index in [1.807, 2.05) is 42.8 Å². The number of rotatable bonds is 11. The zero-order valence-corrected chi connectivity index (χ0v) is 30.0. The molecule has 264 valence electrons. The molecule has 9 rings (SSSR count). The molecule has 0 saturated heterocycles. The zero-order valence-electron chi connectivity index (χ0n) is 29.2. The molecule has 0 aliphatic heterocycles. The van der Waals surface area contributed by atoms with Crippen molar-refractivity contribution in [3.05, 3.63) is 77.0 Å². The number of aromatic nitrogens is 6. The molecule has 4 saturated carbocycles. The average molecular weight is 708 g/mol. The van der Waals surface area contributed by atoms with Crippen molar-refractivity contribution in [3.8, 4) is 11.1 Å². The number of benzene rings is 1. The number of carboxylic acids is 1. The maximum Gasteiger partial charge on any atom is 0.355 e. The number of nitrogens with one attached hydrogen (secondary N) is 1. The lowest BCUT2D eigenvalue weighted by molar-refractivity contribution is -0.250. The third kappa shape index (κ3) is 6.00. The molecule has 1 aromatic carbocycles. The van der Waals surface area contributed by atoms with Gasteiger partial charge in [-0.05, 0) is 105 Å². The van der Waals surface area contributed by atoms with Crippen LogP contribution in [0.25, 0.3) is 21.3 Å². The lowest BCUT2D eigenvalue weighted by Crippen LogP contribution is -2.64. The van der Waals surface area contributed by atoms with E-state index >= 15 is 0 Å². The molecule has 0 amide bonds. The number of hydrogen-bond donors (Lipinski definition) is 3. The van der Waals surface area contributed by atoms with Crippen LogP contribution in [0.5, 0.6) is 0 Å². The number of thiazole rings is 1. The van der Waals surface area contributed by atoms with Crippen molar-refractivity contribution >= 4 is 44.3 Å². The van der Waals surface area contributed by atoms with Crippen LogP contribution in [0.3, 0.4) is 0 Å². The van der Waals surface area contributed by atoms with Crippen LogP contribution in [0, 0.1) is 30.1 Å². The summed E-state index contributed by atoms with van der Waals surface area (Å²) in [6.07, 6.45) is 7.97. The van der Waals surface area contributed by atoms with E-state index < -0.39 is 11.8 Å². The smallest absolute Gasteiger partial charge is 0.355 e. The van der Waals surface area contributed by atoms with Crippen molar-refractivity contribution in [2.75, 3.05) is 18.5 Å². The lowest BCUT2D eigenvalue weighted by Gasteiger charge is -2.69. The third-order valence-corrected chi connectivity index (χ3v) is 12.0. The van der Waals surface area contributed by atoms with Gasteiger partial charge in [-0.15, -0.1) is 10.2 Å². The molecule has 4 aliphatic rings. The van der Waals surface area contributed by atoms with Crippen LogP contribution in [0.15, 0.2) is 48.7 Å².